The summed E-state index contributed by atoms with van der Waals surface area (Å²) < 4.78 is 5.89. The van der Waals surface area contributed by atoms with Crippen molar-refractivity contribution < 1.29 is 9.21 Å². The molecule has 6 nitrogen and oxygen atoms in total. The highest BCUT2D eigenvalue weighted by molar-refractivity contribution is 5.76. The van der Waals surface area contributed by atoms with E-state index in [1.165, 1.54) is 0 Å². The molecule has 2 aromatic heterocycles. The van der Waals surface area contributed by atoms with Crippen LogP contribution in [0.1, 0.15) is 17.7 Å². The maximum Gasteiger partial charge on any atom is 0.223 e. The second-order valence-corrected chi connectivity index (χ2v) is 6.99. The quantitative estimate of drug-likeness (QED) is 0.671. The van der Waals surface area contributed by atoms with Crippen LogP contribution in [0.2, 0.25) is 0 Å². The van der Waals surface area contributed by atoms with Crippen molar-refractivity contribution in [1.29, 1.82) is 5.26 Å². The molecule has 146 valence electrons. The number of nitriles is 1. The van der Waals surface area contributed by atoms with Crippen molar-refractivity contribution in [3.63, 3.8) is 0 Å². The Morgan fingerprint density at radius 1 is 1.03 bits per heavy atom. The molecule has 0 unspecified atom stereocenters. The van der Waals surface area contributed by atoms with E-state index < -0.39 is 0 Å². The van der Waals surface area contributed by atoms with E-state index in [-0.39, 0.29) is 5.91 Å². The third-order valence-corrected chi connectivity index (χ3v) is 5.14. The van der Waals surface area contributed by atoms with Crippen LogP contribution in [0.15, 0.2) is 65.2 Å². The molecule has 6 heteroatoms. The minimum atomic E-state index is 0.129. The molecule has 29 heavy (non-hydrogen) atoms. The number of carbonyl (C=O) groups is 1. The Morgan fingerprint density at radius 3 is 2.59 bits per heavy atom. The van der Waals surface area contributed by atoms with Crippen LogP contribution in [0.4, 0.5) is 5.82 Å². The van der Waals surface area contributed by atoms with E-state index in [4.69, 9.17) is 4.42 Å². The zero-order chi connectivity index (χ0) is 20.1. The van der Waals surface area contributed by atoms with Gasteiger partial charge in [0.05, 0.1) is 5.56 Å². The predicted molar refractivity (Wildman–Crippen MR) is 110 cm³/mol. The first-order chi connectivity index (χ1) is 14.2. The fourth-order valence-corrected chi connectivity index (χ4v) is 3.56. The second-order valence-electron chi connectivity index (χ2n) is 6.99. The molecule has 1 aromatic carbocycles. The Bertz CT molecular complexity index is 1010. The minimum absolute atomic E-state index is 0.129. The van der Waals surface area contributed by atoms with E-state index in [1.54, 1.807) is 18.3 Å². The van der Waals surface area contributed by atoms with Crippen LogP contribution in [0.3, 0.4) is 0 Å². The van der Waals surface area contributed by atoms with Crippen LogP contribution in [0.5, 0.6) is 0 Å². The lowest BCUT2D eigenvalue weighted by Gasteiger charge is -2.35. The second kappa shape index (κ2) is 8.61. The van der Waals surface area contributed by atoms with E-state index in [2.05, 4.69) is 16.0 Å². The van der Waals surface area contributed by atoms with Gasteiger partial charge in [0.2, 0.25) is 5.91 Å². The molecule has 1 saturated heterocycles. The summed E-state index contributed by atoms with van der Waals surface area (Å²) in [6.07, 6.45) is 2.71. The molecule has 0 aliphatic carbocycles. The number of furan rings is 1. The van der Waals surface area contributed by atoms with Crippen LogP contribution in [-0.2, 0) is 11.2 Å². The minimum Gasteiger partial charge on any atom is -0.461 e. The first kappa shape index (κ1) is 18.8. The molecule has 1 aliphatic rings. The summed E-state index contributed by atoms with van der Waals surface area (Å²) in [6.45, 7) is 2.62. The van der Waals surface area contributed by atoms with Crippen molar-refractivity contribution in [1.82, 2.24) is 9.88 Å². The number of anilines is 1. The zero-order valence-corrected chi connectivity index (χ0v) is 16.1. The number of aromatic nitrogens is 1. The number of amides is 1. The van der Waals surface area contributed by atoms with Crippen molar-refractivity contribution in [2.75, 3.05) is 31.1 Å². The summed E-state index contributed by atoms with van der Waals surface area (Å²) in [4.78, 5) is 20.9. The fraction of sp³-hybridized carbons (Fsp3) is 0.261. The average molecular weight is 386 g/mol. The third-order valence-electron chi connectivity index (χ3n) is 5.14. The van der Waals surface area contributed by atoms with Crippen molar-refractivity contribution in [3.8, 4) is 17.4 Å². The van der Waals surface area contributed by atoms with Gasteiger partial charge in [0.15, 0.2) is 0 Å². The molecule has 0 saturated carbocycles. The molecule has 1 fully saturated rings. The summed E-state index contributed by atoms with van der Waals surface area (Å²) in [7, 11) is 0. The topological polar surface area (TPSA) is 73.4 Å². The predicted octanol–water partition coefficient (Wildman–Crippen LogP) is 3.49. The van der Waals surface area contributed by atoms with Gasteiger partial charge in [-0.05, 0) is 24.3 Å². The summed E-state index contributed by atoms with van der Waals surface area (Å²) in [5.74, 6) is 2.48. The number of piperazine rings is 1. The maximum absolute atomic E-state index is 12.6. The SMILES string of the molecule is N#Cc1cccnc1N1CCN(C(=O)CCc2ccc(-c3ccccc3)o2)CC1. The molecular weight excluding hydrogens is 364 g/mol. The number of hydrogen-bond acceptors (Lipinski definition) is 5. The molecule has 0 spiro atoms. The van der Waals surface area contributed by atoms with Crippen molar-refractivity contribution in [3.05, 3.63) is 72.1 Å². The van der Waals surface area contributed by atoms with Gasteiger partial charge in [0.1, 0.15) is 23.4 Å². The number of aryl methyl sites for hydroxylation is 1. The fourth-order valence-electron chi connectivity index (χ4n) is 3.56. The van der Waals surface area contributed by atoms with Gasteiger partial charge in [-0.1, -0.05) is 30.3 Å². The van der Waals surface area contributed by atoms with Crippen molar-refractivity contribution in [2.24, 2.45) is 0 Å². The van der Waals surface area contributed by atoms with E-state index in [9.17, 15) is 10.1 Å². The summed E-state index contributed by atoms with van der Waals surface area (Å²) in [5.41, 5.74) is 1.60. The zero-order valence-electron chi connectivity index (χ0n) is 16.1. The number of pyridine rings is 1. The number of benzene rings is 1. The monoisotopic (exact) mass is 386 g/mol. The molecular formula is C23H22N4O2. The smallest absolute Gasteiger partial charge is 0.223 e. The Labute approximate surface area is 170 Å². The molecule has 1 aliphatic heterocycles. The lowest BCUT2D eigenvalue weighted by molar-refractivity contribution is -0.131. The first-order valence-corrected chi connectivity index (χ1v) is 9.76. The van der Waals surface area contributed by atoms with Crippen LogP contribution >= 0.6 is 0 Å². The highest BCUT2D eigenvalue weighted by Gasteiger charge is 2.23. The number of nitrogens with zero attached hydrogens (tertiary/aromatic N) is 4. The normalized spacial score (nSPS) is 13.9. The van der Waals surface area contributed by atoms with Gasteiger partial charge in [0.25, 0.3) is 0 Å². The molecule has 3 heterocycles. The summed E-state index contributed by atoms with van der Waals surface area (Å²) in [5, 5.41) is 9.25. The summed E-state index contributed by atoms with van der Waals surface area (Å²) in [6, 6.07) is 19.6. The van der Waals surface area contributed by atoms with E-state index in [0.29, 0.717) is 50.4 Å². The Morgan fingerprint density at radius 2 is 1.83 bits per heavy atom. The van der Waals surface area contributed by atoms with Gasteiger partial charge in [-0.15, -0.1) is 0 Å². The first-order valence-electron chi connectivity index (χ1n) is 9.76. The van der Waals surface area contributed by atoms with Gasteiger partial charge < -0.3 is 14.2 Å². The van der Waals surface area contributed by atoms with Crippen molar-refractivity contribution >= 4 is 11.7 Å². The molecule has 0 atom stereocenters. The number of rotatable bonds is 5. The lowest BCUT2D eigenvalue weighted by Crippen LogP contribution is -2.49. The van der Waals surface area contributed by atoms with Crippen LogP contribution in [0, 0.1) is 11.3 Å². The van der Waals surface area contributed by atoms with Gasteiger partial charge in [0, 0.05) is 50.8 Å². The van der Waals surface area contributed by atoms with Gasteiger partial charge >= 0.3 is 0 Å². The highest BCUT2D eigenvalue weighted by atomic mass is 16.3. The molecule has 3 aromatic rings. The van der Waals surface area contributed by atoms with E-state index in [0.717, 1.165) is 17.1 Å². The van der Waals surface area contributed by atoms with Crippen LogP contribution in [0.25, 0.3) is 11.3 Å². The average Bonchev–Trinajstić information content (AvgIpc) is 3.27. The highest BCUT2D eigenvalue weighted by Crippen LogP contribution is 2.23. The van der Waals surface area contributed by atoms with Crippen LogP contribution < -0.4 is 4.90 Å². The third kappa shape index (κ3) is 4.30. The maximum atomic E-state index is 12.6. The molecule has 0 radical (unpaired) electrons. The molecule has 0 N–H and O–H groups in total. The molecule has 1 amide bonds. The Kier molecular flexibility index (Phi) is 5.57. The van der Waals surface area contributed by atoms with Gasteiger partial charge in [-0.2, -0.15) is 5.26 Å². The van der Waals surface area contributed by atoms with E-state index in [1.807, 2.05) is 47.4 Å². The standard InChI is InChI=1S/C23H22N4O2/c24-17-19-7-4-12-25-23(19)27-15-13-26(14-16-27)22(28)11-9-20-8-10-21(29-20)18-5-2-1-3-6-18/h1-8,10,12H,9,11,13-16H2. The van der Waals surface area contributed by atoms with Crippen molar-refractivity contribution in [2.45, 2.75) is 12.8 Å². The van der Waals surface area contributed by atoms with Gasteiger partial charge in [-0.3, -0.25) is 4.79 Å². The lowest BCUT2D eigenvalue weighted by atomic mass is 10.2. The number of hydrogen-bond donors (Lipinski definition) is 0. The largest absolute Gasteiger partial charge is 0.461 e. The Hall–Kier alpha value is -3.59. The molecule has 4 rings (SSSR count). The molecule has 0 bridgehead atoms. The Balaban J connectivity index is 1.30. The van der Waals surface area contributed by atoms with Crippen LogP contribution in [-0.4, -0.2) is 42.0 Å². The number of carbonyl (C=O) groups excluding carboxylic acids is 1. The van der Waals surface area contributed by atoms with E-state index >= 15 is 0 Å². The summed E-state index contributed by atoms with van der Waals surface area (Å²) >= 11 is 0. The van der Waals surface area contributed by atoms with Gasteiger partial charge in [-0.25, -0.2) is 4.98 Å².